The standard InChI is InChI=1S/C14H21N3O2S/c1-10-15-14(19-16-10)12-7-4-8-17(12)13(18)9-20-11-5-2-3-6-11/h11-12H,2-9H2,1H3. The molecule has 5 nitrogen and oxygen atoms in total. The number of carbonyl (C=O) groups excluding carboxylic acids is 1. The van der Waals surface area contributed by atoms with Crippen LogP contribution in [0, 0.1) is 6.92 Å². The quantitative estimate of drug-likeness (QED) is 0.854. The Hall–Kier alpha value is -1.04. The van der Waals surface area contributed by atoms with E-state index in [-0.39, 0.29) is 11.9 Å². The molecule has 110 valence electrons. The maximum absolute atomic E-state index is 12.4. The van der Waals surface area contributed by atoms with Gasteiger partial charge in [0.15, 0.2) is 5.82 Å². The fourth-order valence-corrected chi connectivity index (χ4v) is 4.31. The molecule has 0 aromatic carbocycles. The molecule has 0 bridgehead atoms. The average molecular weight is 295 g/mol. The van der Waals surface area contributed by atoms with Crippen molar-refractivity contribution in [1.29, 1.82) is 0 Å². The molecule has 1 aliphatic carbocycles. The third kappa shape index (κ3) is 3.00. The van der Waals surface area contributed by atoms with E-state index in [2.05, 4.69) is 10.1 Å². The van der Waals surface area contributed by atoms with E-state index >= 15 is 0 Å². The van der Waals surface area contributed by atoms with E-state index in [9.17, 15) is 4.79 Å². The van der Waals surface area contributed by atoms with E-state index in [1.54, 1.807) is 0 Å². The normalized spacial score (nSPS) is 23.6. The van der Waals surface area contributed by atoms with Gasteiger partial charge >= 0.3 is 0 Å². The Balaban J connectivity index is 1.58. The van der Waals surface area contributed by atoms with Gasteiger partial charge in [-0.3, -0.25) is 4.79 Å². The van der Waals surface area contributed by atoms with Gasteiger partial charge < -0.3 is 9.42 Å². The van der Waals surface area contributed by atoms with E-state index in [1.807, 2.05) is 23.6 Å². The van der Waals surface area contributed by atoms with Gasteiger partial charge in [-0.1, -0.05) is 18.0 Å². The number of likely N-dealkylation sites (tertiary alicyclic amines) is 1. The van der Waals surface area contributed by atoms with Crippen molar-refractivity contribution in [2.75, 3.05) is 12.3 Å². The van der Waals surface area contributed by atoms with Crippen molar-refractivity contribution in [1.82, 2.24) is 15.0 Å². The third-order valence-corrected chi connectivity index (χ3v) is 5.50. The van der Waals surface area contributed by atoms with Crippen LogP contribution in [0.1, 0.15) is 56.3 Å². The molecule has 1 unspecified atom stereocenters. The first-order valence-corrected chi connectivity index (χ1v) is 8.50. The minimum absolute atomic E-state index is 0.00659. The molecule has 0 radical (unpaired) electrons. The minimum Gasteiger partial charge on any atom is -0.337 e. The molecule has 20 heavy (non-hydrogen) atoms. The molecular weight excluding hydrogens is 274 g/mol. The molecular formula is C14H21N3O2S. The SMILES string of the molecule is Cc1noc(C2CCCN2C(=O)CSC2CCCC2)n1. The molecule has 2 heterocycles. The van der Waals surface area contributed by atoms with Crippen LogP contribution in [0.15, 0.2) is 4.52 Å². The number of carbonyl (C=O) groups is 1. The van der Waals surface area contributed by atoms with Gasteiger partial charge in [-0.25, -0.2) is 0 Å². The Morgan fingerprint density at radius 2 is 2.15 bits per heavy atom. The summed E-state index contributed by atoms with van der Waals surface area (Å²) in [5.41, 5.74) is 0. The molecule has 2 fully saturated rings. The van der Waals surface area contributed by atoms with Crippen molar-refractivity contribution >= 4 is 17.7 Å². The van der Waals surface area contributed by atoms with Crippen LogP contribution in [0.5, 0.6) is 0 Å². The molecule has 1 saturated carbocycles. The van der Waals surface area contributed by atoms with Gasteiger partial charge in [-0.15, -0.1) is 11.8 Å². The summed E-state index contributed by atoms with van der Waals surface area (Å²) in [6, 6.07) is -0.00659. The summed E-state index contributed by atoms with van der Waals surface area (Å²) in [5.74, 6) is 2.05. The zero-order valence-electron chi connectivity index (χ0n) is 11.9. The fraction of sp³-hybridized carbons (Fsp3) is 0.786. The van der Waals surface area contributed by atoms with E-state index in [4.69, 9.17) is 4.52 Å². The van der Waals surface area contributed by atoms with Crippen molar-refractivity contribution in [3.05, 3.63) is 11.7 Å². The zero-order valence-corrected chi connectivity index (χ0v) is 12.7. The molecule has 0 spiro atoms. The minimum atomic E-state index is -0.00659. The van der Waals surface area contributed by atoms with Gasteiger partial charge in [-0.2, -0.15) is 4.98 Å². The average Bonchev–Trinajstić information content (AvgIpc) is 3.16. The Kier molecular flexibility index (Phi) is 4.29. The van der Waals surface area contributed by atoms with E-state index < -0.39 is 0 Å². The zero-order chi connectivity index (χ0) is 13.9. The second kappa shape index (κ2) is 6.16. The lowest BCUT2D eigenvalue weighted by Crippen LogP contribution is -2.32. The van der Waals surface area contributed by atoms with Gasteiger partial charge in [0.05, 0.1) is 5.75 Å². The lowest BCUT2D eigenvalue weighted by atomic mass is 10.2. The predicted molar refractivity (Wildman–Crippen MR) is 77.4 cm³/mol. The summed E-state index contributed by atoms with van der Waals surface area (Å²) >= 11 is 1.82. The van der Waals surface area contributed by atoms with E-state index in [1.165, 1.54) is 25.7 Å². The number of hydrogen-bond acceptors (Lipinski definition) is 5. The largest absolute Gasteiger partial charge is 0.337 e. The highest BCUT2D eigenvalue weighted by Crippen LogP contribution is 2.33. The van der Waals surface area contributed by atoms with Gasteiger partial charge in [0.1, 0.15) is 6.04 Å². The van der Waals surface area contributed by atoms with Crippen LogP contribution in [0.2, 0.25) is 0 Å². The number of thioether (sulfide) groups is 1. The van der Waals surface area contributed by atoms with Gasteiger partial charge in [0.2, 0.25) is 11.8 Å². The van der Waals surface area contributed by atoms with Crippen molar-refractivity contribution in [2.24, 2.45) is 0 Å². The van der Waals surface area contributed by atoms with E-state index in [0.29, 0.717) is 22.7 Å². The number of nitrogens with zero attached hydrogens (tertiary/aromatic N) is 3. The molecule has 1 aliphatic heterocycles. The highest BCUT2D eigenvalue weighted by atomic mass is 32.2. The lowest BCUT2D eigenvalue weighted by molar-refractivity contribution is -0.129. The monoisotopic (exact) mass is 295 g/mol. The first kappa shape index (κ1) is 13.9. The molecule has 1 aromatic rings. The van der Waals surface area contributed by atoms with Crippen LogP contribution in [-0.2, 0) is 4.79 Å². The van der Waals surface area contributed by atoms with Crippen molar-refractivity contribution in [3.8, 4) is 0 Å². The summed E-state index contributed by atoms with van der Waals surface area (Å²) in [6.45, 7) is 2.63. The summed E-state index contributed by atoms with van der Waals surface area (Å²) in [4.78, 5) is 18.6. The topological polar surface area (TPSA) is 59.2 Å². The molecule has 1 amide bonds. The summed E-state index contributed by atoms with van der Waals surface area (Å²) < 4.78 is 5.24. The second-order valence-corrected chi connectivity index (χ2v) is 6.93. The van der Waals surface area contributed by atoms with Crippen molar-refractivity contribution in [2.45, 2.75) is 56.7 Å². The summed E-state index contributed by atoms with van der Waals surface area (Å²) in [5, 5.41) is 4.52. The van der Waals surface area contributed by atoms with Crippen molar-refractivity contribution in [3.63, 3.8) is 0 Å². The smallest absolute Gasteiger partial charge is 0.249 e. The van der Waals surface area contributed by atoms with Crippen LogP contribution in [0.3, 0.4) is 0 Å². The van der Waals surface area contributed by atoms with Crippen molar-refractivity contribution < 1.29 is 9.32 Å². The maximum atomic E-state index is 12.4. The van der Waals surface area contributed by atoms with Gasteiger partial charge in [-0.05, 0) is 32.6 Å². The second-order valence-electron chi connectivity index (χ2n) is 5.64. The first-order chi connectivity index (χ1) is 9.74. The van der Waals surface area contributed by atoms with E-state index in [0.717, 1.165) is 19.4 Å². The van der Waals surface area contributed by atoms with Crippen LogP contribution in [0.25, 0.3) is 0 Å². The molecule has 2 aliphatic rings. The number of aryl methyl sites for hydroxylation is 1. The number of hydrogen-bond donors (Lipinski definition) is 0. The highest BCUT2D eigenvalue weighted by molar-refractivity contribution is 8.00. The number of amides is 1. The Labute approximate surface area is 123 Å². The Bertz CT molecular complexity index is 471. The number of rotatable bonds is 4. The third-order valence-electron chi connectivity index (χ3n) is 4.15. The van der Waals surface area contributed by atoms with Crippen LogP contribution in [-0.4, -0.2) is 38.5 Å². The summed E-state index contributed by atoms with van der Waals surface area (Å²) in [7, 11) is 0. The highest BCUT2D eigenvalue weighted by Gasteiger charge is 2.34. The first-order valence-electron chi connectivity index (χ1n) is 7.45. The molecule has 1 saturated heterocycles. The summed E-state index contributed by atoms with van der Waals surface area (Å²) in [6.07, 6.45) is 7.13. The molecule has 0 N–H and O–H groups in total. The Morgan fingerprint density at radius 1 is 1.35 bits per heavy atom. The Morgan fingerprint density at radius 3 is 2.85 bits per heavy atom. The number of aromatic nitrogens is 2. The molecule has 6 heteroatoms. The fourth-order valence-electron chi connectivity index (χ4n) is 3.10. The molecule has 1 aromatic heterocycles. The van der Waals surface area contributed by atoms with Crippen LogP contribution < -0.4 is 0 Å². The molecule has 3 rings (SSSR count). The molecule has 1 atom stereocenters. The van der Waals surface area contributed by atoms with Gasteiger partial charge in [0, 0.05) is 11.8 Å². The van der Waals surface area contributed by atoms with Gasteiger partial charge in [0.25, 0.3) is 0 Å². The lowest BCUT2D eigenvalue weighted by Gasteiger charge is -2.22. The van der Waals surface area contributed by atoms with Crippen LogP contribution >= 0.6 is 11.8 Å². The maximum Gasteiger partial charge on any atom is 0.249 e. The predicted octanol–water partition coefficient (Wildman–Crippen LogP) is 2.72. The van der Waals surface area contributed by atoms with Crippen LogP contribution in [0.4, 0.5) is 0 Å².